The van der Waals surface area contributed by atoms with E-state index in [0.29, 0.717) is 11.9 Å². The van der Waals surface area contributed by atoms with E-state index in [1.807, 2.05) is 4.90 Å². The minimum Gasteiger partial charge on any atom is -0.507 e. The van der Waals surface area contributed by atoms with Crippen molar-refractivity contribution in [1.82, 2.24) is 30.5 Å². The van der Waals surface area contributed by atoms with Crippen LogP contribution in [0.4, 0.5) is 14.6 Å². The van der Waals surface area contributed by atoms with Crippen molar-refractivity contribution in [3.63, 3.8) is 0 Å². The lowest BCUT2D eigenvalue weighted by atomic mass is 9.96. The molecule has 3 aromatic rings. The highest BCUT2D eigenvalue weighted by atomic mass is 19.1. The maximum atomic E-state index is 15.3. The summed E-state index contributed by atoms with van der Waals surface area (Å²) in [7, 11) is 1.45. The number of rotatable bonds is 6. The van der Waals surface area contributed by atoms with Crippen molar-refractivity contribution in [2.45, 2.75) is 62.4 Å². The topological polar surface area (TPSA) is 109 Å². The van der Waals surface area contributed by atoms with Gasteiger partial charge in [0.25, 0.3) is 0 Å². The first-order valence-electron chi connectivity index (χ1n) is 11.8. The largest absolute Gasteiger partial charge is 0.507 e. The number of phenols is 1. The van der Waals surface area contributed by atoms with Crippen LogP contribution in [0.25, 0.3) is 22.6 Å². The van der Waals surface area contributed by atoms with Crippen LogP contribution in [0.5, 0.6) is 11.6 Å². The highest BCUT2D eigenvalue weighted by Gasteiger charge is 2.48. The third kappa shape index (κ3) is 4.03. The average Bonchev–Trinajstić information content (AvgIpc) is 3.63. The van der Waals surface area contributed by atoms with Crippen LogP contribution < -0.4 is 15.0 Å². The van der Waals surface area contributed by atoms with Crippen molar-refractivity contribution in [2.24, 2.45) is 0 Å². The Morgan fingerprint density at radius 2 is 1.91 bits per heavy atom. The molecule has 1 aromatic carbocycles. The van der Waals surface area contributed by atoms with Crippen LogP contribution in [-0.2, 0) is 0 Å². The van der Waals surface area contributed by atoms with Crippen LogP contribution >= 0.6 is 0 Å². The van der Waals surface area contributed by atoms with Gasteiger partial charge in [0.05, 0.1) is 30.6 Å². The number of fused-ring (bicyclic) bond motifs is 2. The lowest BCUT2D eigenvalue weighted by Gasteiger charge is -2.40. The number of aromatic nitrogens is 5. The molecular formula is C24H25F2N7O2. The van der Waals surface area contributed by atoms with Crippen LogP contribution in [0.2, 0.25) is 0 Å². The number of ether oxygens (including phenoxy) is 1. The maximum Gasteiger partial charge on any atom is 0.216 e. The number of piperidine rings is 1. The van der Waals surface area contributed by atoms with E-state index in [0.717, 1.165) is 38.2 Å². The fraction of sp³-hybridized carbons (Fsp3) is 0.458. The molecule has 2 saturated heterocycles. The van der Waals surface area contributed by atoms with E-state index >= 15 is 4.39 Å². The van der Waals surface area contributed by atoms with Crippen LogP contribution in [0.15, 0.2) is 30.7 Å². The molecule has 0 radical (unpaired) electrons. The number of phenolic OH excluding ortho intramolecular Hbond substituents is 1. The zero-order valence-corrected chi connectivity index (χ0v) is 19.1. The number of halogens is 2. The number of hydrogen-bond donors (Lipinski definition) is 2. The van der Waals surface area contributed by atoms with Gasteiger partial charge in [-0.05, 0) is 44.2 Å². The summed E-state index contributed by atoms with van der Waals surface area (Å²) in [5.41, 5.74) is 0.459. The van der Waals surface area contributed by atoms with Gasteiger partial charge in [-0.1, -0.05) is 0 Å². The molecule has 9 nitrogen and oxygen atoms in total. The van der Waals surface area contributed by atoms with E-state index in [1.54, 1.807) is 0 Å². The van der Waals surface area contributed by atoms with Gasteiger partial charge in [-0.15, -0.1) is 10.2 Å². The van der Waals surface area contributed by atoms with Crippen LogP contribution in [0.3, 0.4) is 0 Å². The minimum atomic E-state index is -0.984. The quantitative estimate of drug-likeness (QED) is 0.549. The highest BCUT2D eigenvalue weighted by molar-refractivity contribution is 5.72. The Labute approximate surface area is 200 Å². The zero-order chi connectivity index (χ0) is 24.1. The Kier molecular flexibility index (Phi) is 5.43. The van der Waals surface area contributed by atoms with E-state index in [4.69, 9.17) is 4.74 Å². The van der Waals surface area contributed by atoms with Gasteiger partial charge in [0.2, 0.25) is 5.88 Å². The summed E-state index contributed by atoms with van der Waals surface area (Å²) in [6.07, 6.45) is 6.34. The van der Waals surface area contributed by atoms with Crippen LogP contribution in [-0.4, -0.2) is 67.7 Å². The summed E-state index contributed by atoms with van der Waals surface area (Å²) in [5.74, 6) is 0.0333. The van der Waals surface area contributed by atoms with Gasteiger partial charge in [-0.3, -0.25) is 0 Å². The molecule has 2 N–H and O–H groups in total. The number of hydrogen-bond acceptors (Lipinski definition) is 9. The molecule has 1 aliphatic carbocycles. The van der Waals surface area contributed by atoms with Crippen molar-refractivity contribution in [1.29, 1.82) is 0 Å². The molecule has 4 heterocycles. The fourth-order valence-electron chi connectivity index (χ4n) is 5.27. The summed E-state index contributed by atoms with van der Waals surface area (Å²) >= 11 is 0. The normalized spacial score (nSPS) is 25.5. The van der Waals surface area contributed by atoms with E-state index in [9.17, 15) is 9.50 Å². The van der Waals surface area contributed by atoms with Crippen molar-refractivity contribution in [3.05, 3.63) is 36.5 Å². The molecule has 182 valence electrons. The second-order valence-corrected chi connectivity index (χ2v) is 9.37. The monoisotopic (exact) mass is 481 g/mol. The lowest BCUT2D eigenvalue weighted by Crippen LogP contribution is -2.57. The molecule has 2 bridgehead atoms. The van der Waals surface area contributed by atoms with E-state index in [2.05, 4.69) is 30.5 Å². The van der Waals surface area contributed by atoms with E-state index in [-0.39, 0.29) is 52.4 Å². The molecule has 4 atom stereocenters. The summed E-state index contributed by atoms with van der Waals surface area (Å²) in [6, 6.07) is 4.06. The van der Waals surface area contributed by atoms with Gasteiger partial charge in [0, 0.05) is 29.8 Å². The molecule has 0 amide bonds. The van der Waals surface area contributed by atoms with Gasteiger partial charge in [-0.2, -0.15) is 0 Å². The highest BCUT2D eigenvalue weighted by Crippen LogP contribution is 2.40. The summed E-state index contributed by atoms with van der Waals surface area (Å²) in [6.45, 7) is 0. The van der Waals surface area contributed by atoms with Crippen molar-refractivity contribution in [3.8, 4) is 34.3 Å². The second-order valence-electron chi connectivity index (χ2n) is 9.37. The number of aromatic hydroxyl groups is 1. The number of benzene rings is 1. The van der Waals surface area contributed by atoms with Crippen molar-refractivity contribution < 1.29 is 18.6 Å². The molecule has 11 heteroatoms. The van der Waals surface area contributed by atoms with Gasteiger partial charge in [-0.25, -0.2) is 23.7 Å². The SMILES string of the molecule is COc1cc(-c2cc(O)c(-c3ncc(N(C4CC4)C4C[C@H]5CC[C@H](N5)C4F)nn3)cc2F)ncn1. The first kappa shape index (κ1) is 22.0. The summed E-state index contributed by atoms with van der Waals surface area (Å²) in [4.78, 5) is 14.4. The molecule has 2 aromatic heterocycles. The molecule has 1 saturated carbocycles. The van der Waals surface area contributed by atoms with Gasteiger partial charge < -0.3 is 20.1 Å². The lowest BCUT2D eigenvalue weighted by molar-refractivity contribution is 0.171. The number of anilines is 1. The minimum absolute atomic E-state index is 0.0786. The number of nitrogens with zero attached hydrogens (tertiary/aromatic N) is 6. The molecule has 3 aliphatic rings. The van der Waals surface area contributed by atoms with E-state index < -0.39 is 12.0 Å². The molecule has 2 aliphatic heterocycles. The van der Waals surface area contributed by atoms with Gasteiger partial charge in [0.15, 0.2) is 11.6 Å². The first-order chi connectivity index (χ1) is 17.0. The zero-order valence-electron chi connectivity index (χ0n) is 19.1. The molecule has 3 fully saturated rings. The Balaban J connectivity index is 1.28. The Morgan fingerprint density at radius 1 is 1.06 bits per heavy atom. The third-order valence-corrected chi connectivity index (χ3v) is 7.12. The van der Waals surface area contributed by atoms with Crippen molar-refractivity contribution >= 4 is 5.82 Å². The predicted octanol–water partition coefficient (Wildman–Crippen LogP) is 3.05. The predicted molar refractivity (Wildman–Crippen MR) is 123 cm³/mol. The molecule has 6 rings (SSSR count). The summed E-state index contributed by atoms with van der Waals surface area (Å²) < 4.78 is 35.3. The Morgan fingerprint density at radius 3 is 2.66 bits per heavy atom. The van der Waals surface area contributed by atoms with Crippen LogP contribution in [0.1, 0.15) is 32.1 Å². The fourth-order valence-corrected chi connectivity index (χ4v) is 5.27. The molecule has 35 heavy (non-hydrogen) atoms. The molecule has 0 spiro atoms. The van der Waals surface area contributed by atoms with Crippen LogP contribution in [0, 0.1) is 5.82 Å². The van der Waals surface area contributed by atoms with E-state index in [1.165, 1.54) is 31.8 Å². The Hall–Kier alpha value is -3.47. The number of nitrogens with one attached hydrogen (secondary N) is 1. The number of methoxy groups -OCH3 is 1. The standard InChI is InChI=1S/C24H25F2N7O2/c1-35-22-9-18(28-11-29-22)14-8-20(34)15(7-16(14)25)24-27-10-21(31-32-24)33(13-3-4-13)19-6-12-2-5-17(30-12)23(19)26/h7-13,17,19,23,30,34H,2-6H2,1H3/t12-,17+,19?,23?/m1/s1. The first-order valence-corrected chi connectivity index (χ1v) is 11.8. The van der Waals surface area contributed by atoms with Gasteiger partial charge in [0.1, 0.15) is 24.1 Å². The maximum absolute atomic E-state index is 15.3. The van der Waals surface area contributed by atoms with Gasteiger partial charge >= 0.3 is 0 Å². The molecule has 2 unspecified atom stereocenters. The molecular weight excluding hydrogens is 456 g/mol. The third-order valence-electron chi connectivity index (χ3n) is 7.12. The number of alkyl halides is 1. The van der Waals surface area contributed by atoms with Crippen molar-refractivity contribution in [2.75, 3.05) is 12.0 Å². The second kappa shape index (κ2) is 8.63. The Bertz CT molecular complexity index is 1240. The average molecular weight is 482 g/mol. The summed E-state index contributed by atoms with van der Waals surface area (Å²) in [5, 5.41) is 22.5. The smallest absolute Gasteiger partial charge is 0.216 e.